The number of hydrogen-bond donors (Lipinski definition) is 1. The molecule has 0 spiro atoms. The molecule has 2 saturated heterocycles. The first-order valence-corrected chi connectivity index (χ1v) is 36.5. The molecule has 4 aliphatic rings. The average molecular weight is 1410 g/mol. The number of amides is 1. The summed E-state index contributed by atoms with van der Waals surface area (Å²) in [6.07, 6.45) is 2.78. The quantitative estimate of drug-likeness (QED) is 0.124. The van der Waals surface area contributed by atoms with Crippen LogP contribution in [-0.4, -0.2) is 190 Å². The smallest absolute Gasteiger partial charge is 0.410 e. The number of halogens is 3. The number of hydrogen-bond acceptors (Lipinski definition) is 13. The van der Waals surface area contributed by atoms with Gasteiger partial charge in [-0.15, -0.1) is 17.0 Å². The molecule has 4 aliphatic heterocycles. The van der Waals surface area contributed by atoms with E-state index in [9.17, 15) is 38.5 Å². The zero-order valence-corrected chi connectivity index (χ0v) is 58.3. The summed E-state index contributed by atoms with van der Waals surface area (Å²) in [4.78, 5) is 19.1. The molecule has 5 aromatic rings. The van der Waals surface area contributed by atoms with Gasteiger partial charge in [-0.05, 0) is 164 Å². The minimum absolute atomic E-state index is 0. The molecular formula is C62H87BrCl2N10O10S4. The van der Waals surface area contributed by atoms with E-state index in [-0.39, 0.29) is 104 Å². The number of anilines is 2. The van der Waals surface area contributed by atoms with E-state index in [0.29, 0.717) is 94.4 Å². The predicted molar refractivity (Wildman–Crippen MR) is 359 cm³/mol. The second-order valence-electron chi connectivity index (χ2n) is 23.6. The lowest BCUT2D eigenvalue weighted by Gasteiger charge is -2.36. The fourth-order valence-electron chi connectivity index (χ4n) is 11.4. The summed E-state index contributed by atoms with van der Waals surface area (Å²) >= 11 is 12.3. The topological polar surface area (TPSA) is 204 Å². The molecular weight excluding hydrogens is 1320 g/mol. The van der Waals surface area contributed by atoms with E-state index >= 15 is 0 Å². The molecule has 5 aromatic carbocycles. The van der Waals surface area contributed by atoms with Crippen molar-refractivity contribution in [3.05, 3.63) is 153 Å². The number of sulfonamides is 2. The molecule has 2 atom stereocenters. The molecule has 9 rings (SSSR count). The molecule has 0 saturated carbocycles. The maximum atomic E-state index is 14.2. The van der Waals surface area contributed by atoms with E-state index in [1.807, 2.05) is 106 Å². The summed E-state index contributed by atoms with van der Waals surface area (Å²) < 4.78 is 126. The van der Waals surface area contributed by atoms with Crippen LogP contribution >= 0.6 is 40.2 Å². The highest BCUT2D eigenvalue weighted by Crippen LogP contribution is 2.30. The van der Waals surface area contributed by atoms with Crippen molar-refractivity contribution < 1.29 is 43.2 Å². The van der Waals surface area contributed by atoms with Crippen LogP contribution in [0.2, 0.25) is 10.0 Å². The second-order valence-corrected chi connectivity index (χ2v) is 32.2. The molecule has 89 heavy (non-hydrogen) atoms. The molecule has 27 heteroatoms. The largest absolute Gasteiger partial charge is 0.445 e. The Bertz CT molecular complexity index is 3600. The Morgan fingerprint density at radius 2 is 0.888 bits per heavy atom. The lowest BCUT2D eigenvalue weighted by atomic mass is 10.0. The maximum Gasteiger partial charge on any atom is 0.410 e. The van der Waals surface area contributed by atoms with Crippen molar-refractivity contribution in [1.82, 2.24) is 36.0 Å². The maximum absolute atomic E-state index is 14.2. The van der Waals surface area contributed by atoms with E-state index in [2.05, 4.69) is 5.32 Å². The van der Waals surface area contributed by atoms with E-state index in [0.717, 1.165) is 39.2 Å². The number of benzene rings is 5. The van der Waals surface area contributed by atoms with Crippen molar-refractivity contribution in [2.45, 2.75) is 81.9 Å². The Morgan fingerprint density at radius 3 is 1.31 bits per heavy atom. The summed E-state index contributed by atoms with van der Waals surface area (Å²) in [5.74, 6) is -0.508. The Hall–Kier alpha value is -4.45. The van der Waals surface area contributed by atoms with Crippen molar-refractivity contribution in [3.63, 3.8) is 0 Å². The molecule has 20 nitrogen and oxygen atoms in total. The third-order valence-corrected chi connectivity index (χ3v) is 24.4. The molecule has 1 amide bonds. The molecule has 0 unspecified atom stereocenters. The summed E-state index contributed by atoms with van der Waals surface area (Å²) in [7, 11) is -7.76. The second kappa shape index (κ2) is 32.4. The van der Waals surface area contributed by atoms with Gasteiger partial charge in [-0.25, -0.2) is 21.6 Å². The van der Waals surface area contributed by atoms with Crippen LogP contribution in [0.3, 0.4) is 0 Å². The van der Waals surface area contributed by atoms with Crippen LogP contribution in [0.15, 0.2) is 125 Å². The third-order valence-electron chi connectivity index (χ3n) is 16.3. The van der Waals surface area contributed by atoms with Gasteiger partial charge in [-0.3, -0.25) is 0 Å². The Kier molecular flexibility index (Phi) is 26.2. The monoisotopic (exact) mass is 1410 g/mol. The number of ether oxygens (including phenoxy) is 1. The van der Waals surface area contributed by atoms with E-state index in [1.165, 1.54) is 21.5 Å². The van der Waals surface area contributed by atoms with Crippen LogP contribution in [0.5, 0.6) is 0 Å². The van der Waals surface area contributed by atoms with Crippen LogP contribution in [-0.2, 0) is 77.7 Å². The van der Waals surface area contributed by atoms with Crippen molar-refractivity contribution in [2.24, 2.45) is 11.8 Å². The highest BCUT2D eigenvalue weighted by molar-refractivity contribution is 8.93. The molecule has 2 fully saturated rings. The SMILES string of the molecule is Br.C[C@H]1CN(S(=O)(=O)c2ccc(N(C)C)cc2)CCCN(C(=O)OCc2ccccc2)CCCN(S(=O)(=O)N2CCc3cc(Cl)ccc3C2)C1.C[C@H]1CN(S(=O)(=O)c2ccc(N(C)C)cc2)CCCNCCCN(S(=O)(=O)N2CCc3cc(Cl)ccc3C2)C1. The first kappa shape index (κ1) is 72.0. The highest BCUT2D eigenvalue weighted by atomic mass is 79.9. The van der Waals surface area contributed by atoms with Gasteiger partial charge >= 0.3 is 6.09 Å². The lowest BCUT2D eigenvalue weighted by molar-refractivity contribution is 0.0933. The van der Waals surface area contributed by atoms with Gasteiger partial charge in [0, 0.05) is 141 Å². The Morgan fingerprint density at radius 1 is 0.494 bits per heavy atom. The molecule has 1 N–H and O–H groups in total. The fourth-order valence-corrected chi connectivity index (χ4v) is 18.5. The summed E-state index contributed by atoms with van der Waals surface area (Å²) in [5, 5.41) is 4.61. The van der Waals surface area contributed by atoms with Crippen molar-refractivity contribution in [1.29, 1.82) is 0 Å². The van der Waals surface area contributed by atoms with E-state index < -0.39 is 46.6 Å². The van der Waals surface area contributed by atoms with Gasteiger partial charge in [0.05, 0.1) is 9.79 Å². The van der Waals surface area contributed by atoms with Gasteiger partial charge in [-0.1, -0.05) is 79.5 Å². The van der Waals surface area contributed by atoms with Gasteiger partial charge in [0.1, 0.15) is 6.61 Å². The zero-order valence-electron chi connectivity index (χ0n) is 51.8. The number of rotatable bonds is 12. The van der Waals surface area contributed by atoms with Crippen LogP contribution < -0.4 is 15.1 Å². The lowest BCUT2D eigenvalue weighted by Crippen LogP contribution is -2.49. The number of carbonyl (C=O) groups excluding carboxylic acids is 1. The van der Waals surface area contributed by atoms with Gasteiger partial charge in [0.25, 0.3) is 20.4 Å². The molecule has 0 radical (unpaired) electrons. The first-order valence-electron chi connectivity index (χ1n) is 30.1. The van der Waals surface area contributed by atoms with Crippen molar-refractivity contribution in [2.75, 3.05) is 130 Å². The Labute approximate surface area is 549 Å². The fraction of sp³-hybridized carbons (Fsp3) is 0.500. The van der Waals surface area contributed by atoms with Gasteiger partial charge in [-0.2, -0.15) is 42.7 Å². The molecule has 490 valence electrons. The third kappa shape index (κ3) is 19.1. The average Bonchev–Trinajstić information content (AvgIpc) is 3.26. The number of nitrogens with zero attached hydrogens (tertiary/aromatic N) is 9. The number of carbonyl (C=O) groups is 1. The van der Waals surface area contributed by atoms with Crippen LogP contribution in [0.4, 0.5) is 16.2 Å². The number of fused-ring (bicyclic) bond motifs is 2. The molecule has 0 aromatic heterocycles. The van der Waals surface area contributed by atoms with Crippen LogP contribution in [0.25, 0.3) is 0 Å². The van der Waals surface area contributed by atoms with Crippen molar-refractivity contribution >= 4 is 98.1 Å². The normalized spacial score (nSPS) is 20.1. The minimum Gasteiger partial charge on any atom is -0.445 e. The minimum atomic E-state index is -3.94. The summed E-state index contributed by atoms with van der Waals surface area (Å²) in [6.45, 7) is 8.77. The van der Waals surface area contributed by atoms with E-state index in [4.69, 9.17) is 27.9 Å². The predicted octanol–water partition coefficient (Wildman–Crippen LogP) is 8.67. The molecule has 4 heterocycles. The Balaban J connectivity index is 0.000000257. The van der Waals surface area contributed by atoms with Crippen molar-refractivity contribution in [3.8, 4) is 0 Å². The molecule has 0 aliphatic carbocycles. The molecule has 0 bridgehead atoms. The van der Waals surface area contributed by atoms with Gasteiger partial charge in [0.2, 0.25) is 20.0 Å². The first-order chi connectivity index (χ1) is 41.8. The van der Waals surface area contributed by atoms with Crippen LogP contribution in [0.1, 0.15) is 67.3 Å². The highest BCUT2D eigenvalue weighted by Gasteiger charge is 2.37. The zero-order chi connectivity index (χ0) is 63.4. The standard InChI is InChI=1S/C35H46ClN5O6S2.C27H40ClN5O4S2.BrH/c1-28-24-39(48(43,44)34-15-13-33(14-16-34)37(2)3)20-7-18-38(35(42)47-27-29-9-5-4-6-10-29)19-8-21-40(25-28)49(45,46)41-22-17-30-23-32(36)12-11-31(30)26-41;1-22-19-31(38(34,35)27-10-8-26(9-11-27)30(2)3)15-4-13-29-14-5-16-32(20-22)39(36,37)33-17-12-23-18-25(28)7-6-24(23)21-33;/h4-6,9-16,23,28H,7-8,17-22,24-27H2,1-3H3;6-11,18,22,29H,4-5,12-17,19-21H2,1-3H3;1H/t28-;22-;/m00./s1. The van der Waals surface area contributed by atoms with Gasteiger partial charge < -0.3 is 24.8 Å². The van der Waals surface area contributed by atoms with Gasteiger partial charge in [0.15, 0.2) is 0 Å². The summed E-state index contributed by atoms with van der Waals surface area (Å²) in [6, 6.07) is 34.1. The van der Waals surface area contributed by atoms with E-state index in [1.54, 1.807) is 69.9 Å². The van der Waals surface area contributed by atoms with Crippen LogP contribution in [0, 0.1) is 11.8 Å². The summed E-state index contributed by atoms with van der Waals surface area (Å²) in [5.41, 5.74) is 6.63. The number of nitrogens with one attached hydrogen (secondary N) is 1.